The normalized spacial score (nSPS) is 11.5. The molecule has 1 N–H and O–H groups in total. The summed E-state index contributed by atoms with van der Waals surface area (Å²) in [7, 11) is 0. The van der Waals surface area contributed by atoms with Crippen LogP contribution in [-0.4, -0.2) is 5.78 Å². The Morgan fingerprint density at radius 1 is 1.25 bits per heavy atom. The maximum atomic E-state index is 11.9. The first-order valence-corrected chi connectivity index (χ1v) is 6.72. The third kappa shape index (κ3) is 3.65. The molecular formula is C15H13Cl2NO2. The van der Waals surface area contributed by atoms with Gasteiger partial charge in [0.1, 0.15) is 5.76 Å². The number of hydrogen-bond donors (Lipinski definition) is 1. The molecular weight excluding hydrogens is 297 g/mol. The molecule has 0 unspecified atom stereocenters. The summed E-state index contributed by atoms with van der Waals surface area (Å²) in [5.41, 5.74) is 1.30. The molecule has 1 aromatic carbocycles. The first-order chi connectivity index (χ1) is 9.45. The highest BCUT2D eigenvalue weighted by Gasteiger charge is 2.08. The maximum absolute atomic E-state index is 11.9. The standard InChI is InChI=1S/C15H13Cl2NO2/c1-9(7-14(19)15-6-3-10(2)20-15)18-13-8-11(16)4-5-12(13)17/h3-8,18H,1-2H3. The lowest BCUT2D eigenvalue weighted by atomic mass is 10.2. The van der Waals surface area contributed by atoms with Crippen LogP contribution in [0.3, 0.4) is 0 Å². The van der Waals surface area contributed by atoms with Crippen molar-refractivity contribution in [1.29, 1.82) is 0 Å². The van der Waals surface area contributed by atoms with Crippen LogP contribution in [0.25, 0.3) is 0 Å². The summed E-state index contributed by atoms with van der Waals surface area (Å²) >= 11 is 11.9. The largest absolute Gasteiger partial charge is 0.458 e. The summed E-state index contributed by atoms with van der Waals surface area (Å²) in [5.74, 6) is 0.798. The zero-order valence-electron chi connectivity index (χ0n) is 11.0. The molecule has 0 saturated carbocycles. The van der Waals surface area contributed by atoms with Gasteiger partial charge in [0.25, 0.3) is 0 Å². The number of rotatable bonds is 4. The lowest BCUT2D eigenvalue weighted by molar-refractivity contribution is 0.102. The van der Waals surface area contributed by atoms with Gasteiger partial charge in [0.05, 0.1) is 10.7 Å². The molecule has 0 aliphatic heterocycles. The smallest absolute Gasteiger partial charge is 0.222 e. The summed E-state index contributed by atoms with van der Waals surface area (Å²) in [6, 6.07) is 8.48. The average molecular weight is 310 g/mol. The lowest BCUT2D eigenvalue weighted by Gasteiger charge is -2.08. The minimum atomic E-state index is -0.207. The van der Waals surface area contributed by atoms with Crippen molar-refractivity contribution < 1.29 is 9.21 Å². The number of benzene rings is 1. The SMILES string of the molecule is CC(=CC(=O)c1ccc(C)o1)Nc1cc(Cl)ccc1Cl. The molecule has 20 heavy (non-hydrogen) atoms. The maximum Gasteiger partial charge on any atom is 0.222 e. The number of allylic oxidation sites excluding steroid dienone is 2. The van der Waals surface area contributed by atoms with E-state index < -0.39 is 0 Å². The number of hydrogen-bond acceptors (Lipinski definition) is 3. The van der Waals surface area contributed by atoms with Gasteiger partial charge in [0.15, 0.2) is 5.76 Å². The van der Waals surface area contributed by atoms with Gasteiger partial charge in [-0.1, -0.05) is 23.2 Å². The summed E-state index contributed by atoms with van der Waals surface area (Å²) < 4.78 is 5.27. The molecule has 104 valence electrons. The van der Waals surface area contributed by atoms with Gasteiger partial charge in [-0.15, -0.1) is 0 Å². The monoisotopic (exact) mass is 309 g/mol. The van der Waals surface area contributed by atoms with Gasteiger partial charge in [-0.05, 0) is 44.2 Å². The fraction of sp³-hybridized carbons (Fsp3) is 0.133. The summed E-state index contributed by atoms with van der Waals surface area (Å²) in [4.78, 5) is 11.9. The van der Waals surface area contributed by atoms with Crippen molar-refractivity contribution in [2.45, 2.75) is 13.8 Å². The summed E-state index contributed by atoms with van der Waals surface area (Å²) in [6.45, 7) is 3.56. The van der Waals surface area contributed by atoms with Gasteiger partial charge < -0.3 is 9.73 Å². The first-order valence-electron chi connectivity index (χ1n) is 5.97. The van der Waals surface area contributed by atoms with Crippen LogP contribution in [0, 0.1) is 6.92 Å². The summed E-state index contributed by atoms with van der Waals surface area (Å²) in [6.07, 6.45) is 1.45. The van der Waals surface area contributed by atoms with Gasteiger partial charge >= 0.3 is 0 Å². The third-order valence-corrected chi connectivity index (χ3v) is 3.16. The van der Waals surface area contributed by atoms with E-state index in [1.807, 2.05) is 0 Å². The molecule has 5 heteroatoms. The molecule has 1 aromatic heterocycles. The number of carbonyl (C=O) groups excluding carboxylic acids is 1. The van der Waals surface area contributed by atoms with Gasteiger partial charge in [-0.2, -0.15) is 0 Å². The van der Waals surface area contributed by atoms with Gasteiger partial charge in [0.2, 0.25) is 5.78 Å². The quantitative estimate of drug-likeness (QED) is 0.631. The number of nitrogens with one attached hydrogen (secondary N) is 1. The highest BCUT2D eigenvalue weighted by atomic mass is 35.5. The molecule has 0 amide bonds. The number of aryl methyl sites for hydroxylation is 1. The Bertz CT molecular complexity index is 674. The highest BCUT2D eigenvalue weighted by molar-refractivity contribution is 6.35. The molecule has 0 aliphatic rings. The first kappa shape index (κ1) is 14.7. The third-order valence-electron chi connectivity index (χ3n) is 2.59. The second-order valence-electron chi connectivity index (χ2n) is 4.35. The van der Waals surface area contributed by atoms with E-state index >= 15 is 0 Å². The van der Waals surface area contributed by atoms with Crippen molar-refractivity contribution in [3.63, 3.8) is 0 Å². The van der Waals surface area contributed by atoms with Crippen molar-refractivity contribution in [3.05, 3.63) is 63.7 Å². The van der Waals surface area contributed by atoms with E-state index in [0.717, 1.165) is 0 Å². The van der Waals surface area contributed by atoms with Crippen LogP contribution < -0.4 is 5.32 Å². The molecule has 0 bridgehead atoms. The predicted molar refractivity (Wildman–Crippen MR) is 81.6 cm³/mol. The van der Waals surface area contributed by atoms with E-state index in [-0.39, 0.29) is 5.78 Å². The molecule has 2 aromatic rings. The number of halogens is 2. The van der Waals surface area contributed by atoms with Gasteiger partial charge in [-0.3, -0.25) is 4.79 Å². The number of ketones is 1. The van der Waals surface area contributed by atoms with Crippen LogP contribution >= 0.6 is 23.2 Å². The van der Waals surface area contributed by atoms with E-state index in [9.17, 15) is 4.79 Å². The Balaban J connectivity index is 2.15. The van der Waals surface area contributed by atoms with Crippen molar-refractivity contribution >= 4 is 34.7 Å². The Labute approximate surface area is 127 Å². The summed E-state index contributed by atoms with van der Waals surface area (Å²) in [5, 5.41) is 4.14. The fourth-order valence-electron chi connectivity index (χ4n) is 1.68. The van der Waals surface area contributed by atoms with Crippen LogP contribution in [0.5, 0.6) is 0 Å². The zero-order chi connectivity index (χ0) is 14.7. The molecule has 0 saturated heterocycles. The van der Waals surface area contributed by atoms with Crippen LogP contribution in [0.4, 0.5) is 5.69 Å². The molecule has 0 aliphatic carbocycles. The van der Waals surface area contributed by atoms with Crippen molar-refractivity contribution in [1.82, 2.24) is 0 Å². The minimum absolute atomic E-state index is 0.207. The average Bonchev–Trinajstić information content (AvgIpc) is 2.80. The molecule has 3 nitrogen and oxygen atoms in total. The molecule has 0 fully saturated rings. The number of anilines is 1. The Morgan fingerprint density at radius 2 is 2.00 bits per heavy atom. The van der Waals surface area contributed by atoms with Crippen molar-refractivity contribution in [3.8, 4) is 0 Å². The number of carbonyl (C=O) groups is 1. The second kappa shape index (κ2) is 6.16. The molecule has 1 heterocycles. The minimum Gasteiger partial charge on any atom is -0.458 e. The van der Waals surface area contributed by atoms with Crippen LogP contribution in [0.1, 0.15) is 23.2 Å². The van der Waals surface area contributed by atoms with Gasteiger partial charge in [0, 0.05) is 16.8 Å². The second-order valence-corrected chi connectivity index (χ2v) is 5.19. The highest BCUT2D eigenvalue weighted by Crippen LogP contribution is 2.26. The van der Waals surface area contributed by atoms with Crippen LogP contribution in [0.15, 0.2) is 46.5 Å². The molecule has 0 spiro atoms. The Hall–Kier alpha value is -1.71. The topological polar surface area (TPSA) is 42.2 Å². The van der Waals surface area contributed by atoms with Crippen LogP contribution in [0.2, 0.25) is 10.0 Å². The Kier molecular flexibility index (Phi) is 4.53. The predicted octanol–water partition coefficient (Wildman–Crippen LogP) is 5.09. The van der Waals surface area contributed by atoms with E-state index in [0.29, 0.717) is 33.0 Å². The molecule has 2 rings (SSSR count). The molecule has 0 radical (unpaired) electrons. The molecule has 0 atom stereocenters. The fourth-order valence-corrected chi connectivity index (χ4v) is 2.01. The van der Waals surface area contributed by atoms with Gasteiger partial charge in [-0.25, -0.2) is 0 Å². The zero-order valence-corrected chi connectivity index (χ0v) is 12.5. The van der Waals surface area contributed by atoms with E-state index in [1.54, 1.807) is 44.2 Å². The van der Waals surface area contributed by atoms with Crippen molar-refractivity contribution in [2.75, 3.05) is 5.32 Å². The van der Waals surface area contributed by atoms with E-state index in [4.69, 9.17) is 27.6 Å². The number of furan rings is 1. The lowest BCUT2D eigenvalue weighted by Crippen LogP contribution is -2.01. The van der Waals surface area contributed by atoms with Crippen LogP contribution in [-0.2, 0) is 0 Å². The Morgan fingerprint density at radius 3 is 2.65 bits per heavy atom. The van der Waals surface area contributed by atoms with Crippen molar-refractivity contribution in [2.24, 2.45) is 0 Å². The van der Waals surface area contributed by atoms with E-state index in [2.05, 4.69) is 5.32 Å². The van der Waals surface area contributed by atoms with E-state index in [1.165, 1.54) is 6.08 Å².